The van der Waals surface area contributed by atoms with E-state index in [9.17, 15) is 26.7 Å². The second-order valence-corrected chi connectivity index (χ2v) is 9.23. The van der Waals surface area contributed by atoms with Gasteiger partial charge >= 0.3 is 12.1 Å². The summed E-state index contributed by atoms with van der Waals surface area (Å²) in [5.74, 6) is -4.93. The Morgan fingerprint density at radius 1 is 1.11 bits per heavy atom. The van der Waals surface area contributed by atoms with E-state index in [1.165, 1.54) is 18.3 Å². The van der Waals surface area contributed by atoms with Crippen molar-refractivity contribution in [2.75, 3.05) is 6.61 Å². The van der Waals surface area contributed by atoms with Crippen LogP contribution in [-0.4, -0.2) is 44.0 Å². The van der Waals surface area contributed by atoms with Gasteiger partial charge in [0.15, 0.2) is 5.65 Å². The van der Waals surface area contributed by atoms with Crippen molar-refractivity contribution in [2.45, 2.75) is 24.6 Å². The van der Waals surface area contributed by atoms with E-state index in [0.29, 0.717) is 0 Å². The van der Waals surface area contributed by atoms with Crippen LogP contribution >= 0.6 is 34.8 Å². The molecule has 1 fully saturated rings. The zero-order chi connectivity index (χ0) is 26.7. The summed E-state index contributed by atoms with van der Waals surface area (Å²) < 4.78 is 77.7. The number of nitrogens with one attached hydrogen (secondary N) is 1. The first kappa shape index (κ1) is 25.5. The van der Waals surface area contributed by atoms with Crippen molar-refractivity contribution in [1.29, 1.82) is 0 Å². The molecule has 0 saturated carbocycles. The van der Waals surface area contributed by atoms with Crippen molar-refractivity contribution >= 4 is 46.4 Å². The second-order valence-electron chi connectivity index (χ2n) is 8.01. The Morgan fingerprint density at radius 2 is 1.86 bits per heavy atom. The molecule has 8 nitrogen and oxygen atoms in total. The Hall–Kier alpha value is -3.16. The number of imidazole rings is 1. The second kappa shape index (κ2) is 8.99. The largest absolute Gasteiger partial charge is 0.490 e. The van der Waals surface area contributed by atoms with Crippen molar-refractivity contribution in [2.24, 2.45) is 0 Å². The molecule has 1 N–H and O–H groups in total. The maximum Gasteiger partial charge on any atom is 0.417 e. The van der Waals surface area contributed by atoms with E-state index in [0.717, 1.165) is 16.7 Å². The predicted molar refractivity (Wildman–Crippen MR) is 121 cm³/mol. The number of benzene rings is 1. The van der Waals surface area contributed by atoms with Crippen LogP contribution in [0.4, 0.5) is 22.0 Å². The lowest BCUT2D eigenvalue weighted by Crippen LogP contribution is -2.32. The minimum atomic E-state index is -4.61. The molecule has 194 valence electrons. The third-order valence-corrected chi connectivity index (χ3v) is 6.24. The fourth-order valence-electron chi connectivity index (χ4n) is 3.59. The van der Waals surface area contributed by atoms with Gasteiger partial charge in [-0.25, -0.2) is 4.98 Å². The van der Waals surface area contributed by atoms with Crippen LogP contribution in [0.1, 0.15) is 12.0 Å². The lowest BCUT2D eigenvalue weighted by atomic mass is 10.2. The fourth-order valence-corrected chi connectivity index (χ4v) is 4.30. The highest BCUT2D eigenvalue weighted by molar-refractivity contribution is 6.36. The number of aromatic nitrogens is 4. The molecule has 37 heavy (non-hydrogen) atoms. The zero-order valence-corrected chi connectivity index (χ0v) is 20.2. The SMILES string of the molecule is O=C1NC(COc2cc(Cl)c(-c3nc(-c4cn5cc(C(F)(F)F)cc(Cl)c5n4)no3)cc2Cl)CC1(F)F. The number of amides is 1. The van der Waals surface area contributed by atoms with E-state index < -0.39 is 36.0 Å². The molecule has 4 heterocycles. The minimum Gasteiger partial charge on any atom is -0.490 e. The third-order valence-electron chi connectivity index (χ3n) is 5.35. The zero-order valence-electron chi connectivity index (χ0n) is 17.9. The van der Waals surface area contributed by atoms with Crippen LogP contribution in [0.3, 0.4) is 0 Å². The van der Waals surface area contributed by atoms with Crippen molar-refractivity contribution in [3.8, 4) is 28.7 Å². The van der Waals surface area contributed by atoms with Crippen LogP contribution < -0.4 is 10.1 Å². The van der Waals surface area contributed by atoms with Gasteiger partial charge in [0.1, 0.15) is 18.1 Å². The topological polar surface area (TPSA) is 94.5 Å². The van der Waals surface area contributed by atoms with Crippen molar-refractivity contribution < 1.29 is 36.0 Å². The van der Waals surface area contributed by atoms with E-state index in [1.807, 2.05) is 0 Å². The fraction of sp³-hybridized carbons (Fsp3) is 0.238. The maximum absolute atomic E-state index is 13.4. The number of hydrogen-bond acceptors (Lipinski definition) is 6. The van der Waals surface area contributed by atoms with Crippen LogP contribution in [-0.2, 0) is 11.0 Å². The number of nitrogens with zero attached hydrogens (tertiary/aromatic N) is 4. The molecule has 1 aliphatic rings. The van der Waals surface area contributed by atoms with Gasteiger partial charge in [-0.3, -0.25) is 4.79 Å². The van der Waals surface area contributed by atoms with Crippen molar-refractivity contribution in [3.05, 3.63) is 51.2 Å². The molecule has 0 bridgehead atoms. The van der Waals surface area contributed by atoms with Crippen molar-refractivity contribution in [1.82, 2.24) is 24.8 Å². The summed E-state index contributed by atoms with van der Waals surface area (Å²) in [5.41, 5.74) is -0.640. The minimum absolute atomic E-state index is 0.0365. The molecular weight excluding hydrogens is 572 g/mol. The quantitative estimate of drug-likeness (QED) is 0.293. The summed E-state index contributed by atoms with van der Waals surface area (Å²) in [7, 11) is 0. The van der Waals surface area contributed by atoms with E-state index >= 15 is 0 Å². The smallest absolute Gasteiger partial charge is 0.417 e. The molecule has 1 aliphatic heterocycles. The molecule has 5 rings (SSSR count). The van der Waals surface area contributed by atoms with Crippen LogP contribution in [0.15, 0.2) is 35.1 Å². The lowest BCUT2D eigenvalue weighted by Gasteiger charge is -2.13. The number of carbonyl (C=O) groups excluding carboxylic acids is 1. The Labute approximate surface area is 218 Å². The molecule has 16 heteroatoms. The number of alkyl halides is 5. The highest BCUT2D eigenvalue weighted by Crippen LogP contribution is 2.38. The highest BCUT2D eigenvalue weighted by atomic mass is 35.5. The Balaban J connectivity index is 1.37. The number of ether oxygens (including phenoxy) is 1. The van der Waals surface area contributed by atoms with Gasteiger partial charge in [-0.2, -0.15) is 26.9 Å². The number of carbonyl (C=O) groups is 1. The molecule has 0 spiro atoms. The maximum atomic E-state index is 13.4. The molecule has 1 aromatic carbocycles. The van der Waals surface area contributed by atoms with Gasteiger partial charge in [0.2, 0.25) is 5.82 Å². The van der Waals surface area contributed by atoms with Crippen LogP contribution in [0, 0.1) is 0 Å². The Bertz CT molecular complexity index is 1540. The number of hydrogen-bond donors (Lipinski definition) is 1. The number of rotatable bonds is 5. The molecule has 0 aliphatic carbocycles. The van der Waals surface area contributed by atoms with Gasteiger partial charge in [-0.05, 0) is 12.1 Å². The van der Waals surface area contributed by atoms with Gasteiger partial charge in [-0.15, -0.1) is 0 Å². The summed E-state index contributed by atoms with van der Waals surface area (Å²) >= 11 is 18.5. The van der Waals surface area contributed by atoms with Gasteiger partial charge in [0.05, 0.1) is 32.2 Å². The molecule has 1 saturated heterocycles. The van der Waals surface area contributed by atoms with Gasteiger partial charge in [-0.1, -0.05) is 40.0 Å². The molecule has 0 radical (unpaired) electrons. The Morgan fingerprint density at radius 3 is 2.54 bits per heavy atom. The predicted octanol–water partition coefficient (Wildman–Crippen LogP) is 5.93. The summed E-state index contributed by atoms with van der Waals surface area (Å²) in [4.78, 5) is 19.6. The summed E-state index contributed by atoms with van der Waals surface area (Å²) in [6.45, 7) is -0.270. The van der Waals surface area contributed by atoms with Gasteiger partial charge in [0, 0.05) is 24.9 Å². The first-order valence-electron chi connectivity index (χ1n) is 10.2. The van der Waals surface area contributed by atoms with Crippen LogP contribution in [0.2, 0.25) is 15.1 Å². The molecule has 1 atom stereocenters. The number of fused-ring (bicyclic) bond motifs is 1. The standard InChI is InChI=1S/C21H11Cl3F5N5O3/c22-11-3-15(36-7-9-4-20(25,26)19(35)30-9)12(23)2-10(11)18-32-16(33-37-18)14-6-34-5-8(21(27,28)29)1-13(24)17(34)31-14/h1-3,5-6,9H,4,7H2,(H,30,35). The lowest BCUT2D eigenvalue weighted by molar-refractivity contribution is -0.140. The van der Waals surface area contributed by atoms with E-state index in [4.69, 9.17) is 44.1 Å². The molecule has 1 unspecified atom stereocenters. The molecule has 3 aromatic heterocycles. The molecule has 4 aromatic rings. The van der Waals surface area contributed by atoms with Crippen LogP contribution in [0.25, 0.3) is 28.6 Å². The number of halogens is 8. The van der Waals surface area contributed by atoms with Gasteiger partial charge < -0.3 is 19.0 Å². The molecular formula is C21H11Cl3F5N5O3. The third kappa shape index (κ3) is 4.90. The Kier molecular flexibility index (Phi) is 6.20. The number of pyridine rings is 1. The summed E-state index contributed by atoms with van der Waals surface area (Å²) in [6.07, 6.45) is -3.25. The van der Waals surface area contributed by atoms with E-state index in [-0.39, 0.29) is 56.0 Å². The first-order valence-corrected chi connectivity index (χ1v) is 11.4. The van der Waals surface area contributed by atoms with Gasteiger partial charge in [0.25, 0.3) is 11.8 Å². The van der Waals surface area contributed by atoms with E-state index in [1.54, 1.807) is 0 Å². The normalized spacial score (nSPS) is 17.4. The average Bonchev–Trinajstić information content (AvgIpc) is 3.51. The van der Waals surface area contributed by atoms with Crippen molar-refractivity contribution in [3.63, 3.8) is 0 Å². The monoisotopic (exact) mass is 581 g/mol. The first-order chi connectivity index (χ1) is 17.3. The highest BCUT2D eigenvalue weighted by Gasteiger charge is 2.48. The molecule has 1 amide bonds. The summed E-state index contributed by atoms with van der Waals surface area (Å²) in [5, 5.41) is 5.79. The van der Waals surface area contributed by atoms with Crippen LogP contribution in [0.5, 0.6) is 5.75 Å². The van der Waals surface area contributed by atoms with E-state index in [2.05, 4.69) is 20.4 Å². The average molecular weight is 583 g/mol. The summed E-state index contributed by atoms with van der Waals surface area (Å²) in [6, 6.07) is 2.49.